The predicted molar refractivity (Wildman–Crippen MR) is 52.9 cm³/mol. The monoisotopic (exact) mass is 197 g/mol. The summed E-state index contributed by atoms with van der Waals surface area (Å²) in [5.41, 5.74) is 0.220. The Labute approximate surface area is 82.5 Å². The standard InChI is InChI=1S/C9H12ClN3/c1-9(3-2-4-9)13-8-5-7(10)11-6-12-8/h5-6H,2-4H2,1H3,(H,11,12,13). The molecule has 0 saturated heterocycles. The fourth-order valence-electron chi connectivity index (χ4n) is 1.54. The molecule has 4 heteroatoms. The zero-order chi connectivity index (χ0) is 9.31. The Bertz CT molecular complexity index is 309. The van der Waals surface area contributed by atoms with Gasteiger partial charge in [0.1, 0.15) is 17.3 Å². The summed E-state index contributed by atoms with van der Waals surface area (Å²) in [6, 6.07) is 1.76. The van der Waals surface area contributed by atoms with Gasteiger partial charge in [0.15, 0.2) is 0 Å². The minimum Gasteiger partial charge on any atom is -0.365 e. The van der Waals surface area contributed by atoms with E-state index in [-0.39, 0.29) is 5.54 Å². The van der Waals surface area contributed by atoms with Crippen molar-refractivity contribution in [2.75, 3.05) is 5.32 Å². The van der Waals surface area contributed by atoms with Gasteiger partial charge in [-0.2, -0.15) is 0 Å². The lowest BCUT2D eigenvalue weighted by Gasteiger charge is -2.39. The Morgan fingerprint density at radius 2 is 2.23 bits per heavy atom. The van der Waals surface area contributed by atoms with Gasteiger partial charge < -0.3 is 5.32 Å². The van der Waals surface area contributed by atoms with Crippen molar-refractivity contribution in [3.05, 3.63) is 17.5 Å². The van der Waals surface area contributed by atoms with Crippen LogP contribution in [0, 0.1) is 0 Å². The van der Waals surface area contributed by atoms with E-state index in [9.17, 15) is 0 Å². The molecule has 1 saturated carbocycles. The van der Waals surface area contributed by atoms with Crippen LogP contribution in [-0.4, -0.2) is 15.5 Å². The van der Waals surface area contributed by atoms with Crippen LogP contribution in [0.25, 0.3) is 0 Å². The van der Waals surface area contributed by atoms with Gasteiger partial charge in [-0.25, -0.2) is 9.97 Å². The minimum absolute atomic E-state index is 0.220. The quantitative estimate of drug-likeness (QED) is 0.741. The van der Waals surface area contributed by atoms with E-state index in [2.05, 4.69) is 22.2 Å². The molecular formula is C9H12ClN3. The molecule has 1 heterocycles. The van der Waals surface area contributed by atoms with Crippen LogP contribution >= 0.6 is 11.6 Å². The highest BCUT2D eigenvalue weighted by atomic mass is 35.5. The van der Waals surface area contributed by atoms with Gasteiger partial charge in [0, 0.05) is 11.6 Å². The second kappa shape index (κ2) is 3.14. The summed E-state index contributed by atoms with van der Waals surface area (Å²) >= 11 is 5.74. The summed E-state index contributed by atoms with van der Waals surface area (Å²) in [5, 5.41) is 3.85. The number of anilines is 1. The van der Waals surface area contributed by atoms with Crippen LogP contribution in [0.2, 0.25) is 5.15 Å². The lowest BCUT2D eigenvalue weighted by Crippen LogP contribution is -2.41. The Hall–Kier alpha value is -0.830. The van der Waals surface area contributed by atoms with E-state index in [1.54, 1.807) is 6.07 Å². The van der Waals surface area contributed by atoms with Crippen LogP contribution in [-0.2, 0) is 0 Å². The average molecular weight is 198 g/mol. The van der Waals surface area contributed by atoms with Gasteiger partial charge in [0.05, 0.1) is 0 Å². The molecule has 0 aliphatic heterocycles. The van der Waals surface area contributed by atoms with Crippen molar-refractivity contribution in [1.29, 1.82) is 0 Å². The van der Waals surface area contributed by atoms with Gasteiger partial charge in [0.2, 0.25) is 0 Å². The van der Waals surface area contributed by atoms with Gasteiger partial charge in [-0.3, -0.25) is 0 Å². The summed E-state index contributed by atoms with van der Waals surface area (Å²) in [6.45, 7) is 2.20. The Morgan fingerprint density at radius 3 is 2.77 bits per heavy atom. The highest BCUT2D eigenvalue weighted by Crippen LogP contribution is 2.34. The Morgan fingerprint density at radius 1 is 1.46 bits per heavy atom. The maximum absolute atomic E-state index is 5.74. The average Bonchev–Trinajstić information content (AvgIpc) is 2.01. The van der Waals surface area contributed by atoms with Crippen molar-refractivity contribution in [2.45, 2.75) is 31.7 Å². The predicted octanol–water partition coefficient (Wildman–Crippen LogP) is 2.48. The SMILES string of the molecule is CC1(Nc2cc(Cl)ncn2)CCC1. The third-order valence-corrected chi connectivity index (χ3v) is 2.73. The molecule has 0 spiro atoms. The van der Waals surface area contributed by atoms with E-state index >= 15 is 0 Å². The van der Waals surface area contributed by atoms with Crippen LogP contribution in [0.3, 0.4) is 0 Å². The second-order valence-corrected chi connectivity index (χ2v) is 4.15. The largest absolute Gasteiger partial charge is 0.365 e. The summed E-state index contributed by atoms with van der Waals surface area (Å²) in [5.74, 6) is 0.821. The zero-order valence-corrected chi connectivity index (χ0v) is 8.30. The first-order valence-electron chi connectivity index (χ1n) is 4.44. The van der Waals surface area contributed by atoms with E-state index in [0.29, 0.717) is 5.15 Å². The summed E-state index contributed by atoms with van der Waals surface area (Å²) < 4.78 is 0. The normalized spacial score (nSPS) is 19.2. The maximum atomic E-state index is 5.74. The molecule has 0 bridgehead atoms. The molecule has 1 aliphatic rings. The first kappa shape index (κ1) is 8.75. The van der Waals surface area contributed by atoms with Crippen LogP contribution in [0.15, 0.2) is 12.4 Å². The van der Waals surface area contributed by atoms with E-state index in [1.165, 1.54) is 25.6 Å². The van der Waals surface area contributed by atoms with Crippen LogP contribution in [0.5, 0.6) is 0 Å². The molecule has 1 N–H and O–H groups in total. The van der Waals surface area contributed by atoms with E-state index < -0.39 is 0 Å². The topological polar surface area (TPSA) is 37.8 Å². The number of rotatable bonds is 2. The number of nitrogens with zero attached hydrogens (tertiary/aromatic N) is 2. The molecule has 1 fully saturated rings. The minimum atomic E-state index is 0.220. The van der Waals surface area contributed by atoms with Crippen LogP contribution in [0.4, 0.5) is 5.82 Å². The van der Waals surface area contributed by atoms with Crippen molar-refractivity contribution in [1.82, 2.24) is 9.97 Å². The van der Waals surface area contributed by atoms with E-state index in [0.717, 1.165) is 5.82 Å². The lowest BCUT2D eigenvalue weighted by molar-refractivity contribution is 0.305. The van der Waals surface area contributed by atoms with Gasteiger partial charge in [-0.15, -0.1) is 0 Å². The summed E-state index contributed by atoms with van der Waals surface area (Å²) in [6.07, 6.45) is 5.18. The first-order valence-corrected chi connectivity index (χ1v) is 4.82. The highest BCUT2D eigenvalue weighted by Gasteiger charge is 2.31. The number of halogens is 1. The molecule has 0 radical (unpaired) electrons. The smallest absolute Gasteiger partial charge is 0.134 e. The molecule has 0 unspecified atom stereocenters. The number of hydrogen-bond donors (Lipinski definition) is 1. The fraction of sp³-hybridized carbons (Fsp3) is 0.556. The molecule has 0 aromatic carbocycles. The lowest BCUT2D eigenvalue weighted by atomic mass is 9.78. The molecule has 1 aromatic rings. The second-order valence-electron chi connectivity index (χ2n) is 3.77. The van der Waals surface area contributed by atoms with Gasteiger partial charge in [-0.05, 0) is 26.2 Å². The number of aromatic nitrogens is 2. The molecule has 0 amide bonds. The summed E-state index contributed by atoms with van der Waals surface area (Å²) in [4.78, 5) is 7.93. The summed E-state index contributed by atoms with van der Waals surface area (Å²) in [7, 11) is 0. The van der Waals surface area contributed by atoms with E-state index in [1.807, 2.05) is 0 Å². The Balaban J connectivity index is 2.09. The molecule has 1 aromatic heterocycles. The molecule has 0 atom stereocenters. The first-order chi connectivity index (χ1) is 6.18. The third kappa shape index (κ3) is 1.91. The van der Waals surface area contributed by atoms with Crippen molar-refractivity contribution in [3.63, 3.8) is 0 Å². The van der Waals surface area contributed by atoms with Gasteiger partial charge in [-0.1, -0.05) is 11.6 Å². The van der Waals surface area contributed by atoms with Crippen molar-refractivity contribution in [3.8, 4) is 0 Å². The van der Waals surface area contributed by atoms with Crippen molar-refractivity contribution >= 4 is 17.4 Å². The Kier molecular flexibility index (Phi) is 2.12. The molecule has 2 rings (SSSR count). The van der Waals surface area contributed by atoms with Gasteiger partial charge in [0.25, 0.3) is 0 Å². The molecule has 3 nitrogen and oxygen atoms in total. The van der Waals surface area contributed by atoms with Crippen LogP contribution in [0.1, 0.15) is 26.2 Å². The highest BCUT2D eigenvalue weighted by molar-refractivity contribution is 6.29. The number of hydrogen-bond acceptors (Lipinski definition) is 3. The number of nitrogens with one attached hydrogen (secondary N) is 1. The van der Waals surface area contributed by atoms with Gasteiger partial charge >= 0.3 is 0 Å². The molecular weight excluding hydrogens is 186 g/mol. The van der Waals surface area contributed by atoms with Crippen molar-refractivity contribution in [2.24, 2.45) is 0 Å². The fourth-order valence-corrected chi connectivity index (χ4v) is 1.69. The van der Waals surface area contributed by atoms with Crippen molar-refractivity contribution < 1.29 is 0 Å². The molecule has 70 valence electrons. The maximum Gasteiger partial charge on any atom is 0.134 e. The van der Waals surface area contributed by atoms with E-state index in [4.69, 9.17) is 11.6 Å². The zero-order valence-electron chi connectivity index (χ0n) is 7.55. The third-order valence-electron chi connectivity index (χ3n) is 2.52. The van der Waals surface area contributed by atoms with Crippen LogP contribution < -0.4 is 5.32 Å². The molecule has 13 heavy (non-hydrogen) atoms. The molecule has 1 aliphatic carbocycles.